The van der Waals surface area contributed by atoms with E-state index in [4.69, 9.17) is 0 Å². The van der Waals surface area contributed by atoms with Crippen molar-refractivity contribution in [3.63, 3.8) is 0 Å². The largest absolute Gasteiger partial charge is 0.348 e. The zero-order valence-electron chi connectivity index (χ0n) is 17.9. The Kier molecular flexibility index (Phi) is 8.88. The molecule has 1 aliphatic heterocycles. The van der Waals surface area contributed by atoms with Gasteiger partial charge in [0.05, 0.1) is 12.1 Å². The second-order valence-electron chi connectivity index (χ2n) is 7.92. The van der Waals surface area contributed by atoms with Gasteiger partial charge in [-0.3, -0.25) is 9.59 Å². The van der Waals surface area contributed by atoms with Crippen LogP contribution in [0.4, 0.5) is 0 Å². The van der Waals surface area contributed by atoms with Crippen LogP contribution in [-0.2, 0) is 22.6 Å². The Bertz CT molecular complexity index is 843. The van der Waals surface area contributed by atoms with Crippen LogP contribution in [0.25, 0.3) is 0 Å². The van der Waals surface area contributed by atoms with Gasteiger partial charge in [0.15, 0.2) is 0 Å². The summed E-state index contributed by atoms with van der Waals surface area (Å²) in [7, 11) is 0. The first-order valence-electron chi connectivity index (χ1n) is 10.5. The molecule has 3 N–H and O–H groups in total. The minimum atomic E-state index is -0.558. The van der Waals surface area contributed by atoms with E-state index in [-0.39, 0.29) is 42.2 Å². The molecule has 0 saturated heterocycles. The van der Waals surface area contributed by atoms with Crippen molar-refractivity contribution in [2.75, 3.05) is 0 Å². The van der Waals surface area contributed by atoms with E-state index in [1.807, 2.05) is 63.2 Å². The lowest BCUT2D eigenvalue weighted by atomic mass is 9.94. The number of hydrogen-bond acceptors (Lipinski definition) is 3. The lowest BCUT2D eigenvalue weighted by molar-refractivity contribution is -0.131. The minimum Gasteiger partial charge on any atom is -0.348 e. The number of rotatable bonds is 7. The summed E-state index contributed by atoms with van der Waals surface area (Å²) in [5.74, 6) is -0.217. The summed E-state index contributed by atoms with van der Waals surface area (Å²) < 4.78 is 0. The van der Waals surface area contributed by atoms with Crippen LogP contribution in [0.5, 0.6) is 0 Å². The number of hydrogen-bond donors (Lipinski definition) is 3. The first-order chi connectivity index (χ1) is 14.0. The maximum Gasteiger partial charge on any atom is 0.243 e. The molecule has 6 heteroatoms. The highest BCUT2D eigenvalue weighted by Crippen LogP contribution is 2.18. The maximum atomic E-state index is 13.0. The molecule has 2 amide bonds. The van der Waals surface area contributed by atoms with Gasteiger partial charge in [0, 0.05) is 6.54 Å². The highest BCUT2D eigenvalue weighted by atomic mass is 35.5. The molecule has 0 spiro atoms. The SMILES string of the molecule is CCC(C)C(NC(=O)C1Cc2ccccc2CN1)C(=O)NC(C)c1ccccc1.Cl. The average Bonchev–Trinajstić information content (AvgIpc) is 2.76. The first-order valence-corrected chi connectivity index (χ1v) is 10.5. The van der Waals surface area contributed by atoms with Gasteiger partial charge in [-0.25, -0.2) is 0 Å². The number of amides is 2. The van der Waals surface area contributed by atoms with Crippen LogP contribution >= 0.6 is 12.4 Å². The standard InChI is InChI=1S/C24H31N3O2.ClH/c1-4-16(2)22(24(29)26-17(3)18-10-6-5-7-11-18)27-23(28)21-14-19-12-8-9-13-20(19)15-25-21;/h5-13,16-17,21-22,25H,4,14-15H2,1-3H3,(H,26,29)(H,27,28);1H. The molecule has 3 rings (SSSR count). The fraction of sp³-hybridized carbons (Fsp3) is 0.417. The average molecular weight is 430 g/mol. The van der Waals surface area contributed by atoms with E-state index in [1.54, 1.807) is 0 Å². The Morgan fingerprint density at radius 3 is 2.30 bits per heavy atom. The topological polar surface area (TPSA) is 70.2 Å². The Labute approximate surface area is 185 Å². The molecule has 30 heavy (non-hydrogen) atoms. The van der Waals surface area contributed by atoms with Gasteiger partial charge < -0.3 is 16.0 Å². The third-order valence-corrected chi connectivity index (χ3v) is 5.85. The molecule has 0 aromatic heterocycles. The molecule has 0 aliphatic carbocycles. The molecule has 0 saturated carbocycles. The van der Waals surface area contributed by atoms with Gasteiger partial charge in [0.25, 0.3) is 0 Å². The van der Waals surface area contributed by atoms with Gasteiger partial charge in [0.2, 0.25) is 11.8 Å². The number of carbonyl (C=O) groups excluding carboxylic acids is 2. The second kappa shape index (κ2) is 11.1. The van der Waals surface area contributed by atoms with Gasteiger partial charge in [-0.1, -0.05) is 74.9 Å². The number of benzene rings is 2. The van der Waals surface area contributed by atoms with E-state index in [0.717, 1.165) is 12.0 Å². The molecule has 2 aromatic rings. The molecular weight excluding hydrogens is 398 g/mol. The summed E-state index contributed by atoms with van der Waals surface area (Å²) in [6, 6.07) is 17.0. The number of fused-ring (bicyclic) bond motifs is 1. The zero-order valence-corrected chi connectivity index (χ0v) is 18.7. The molecule has 5 nitrogen and oxygen atoms in total. The predicted octanol–water partition coefficient (Wildman–Crippen LogP) is 3.53. The molecule has 162 valence electrons. The van der Waals surface area contributed by atoms with Crippen molar-refractivity contribution in [3.8, 4) is 0 Å². The molecule has 0 bridgehead atoms. The Morgan fingerprint density at radius 1 is 1.00 bits per heavy atom. The van der Waals surface area contributed by atoms with Crippen molar-refractivity contribution in [1.82, 2.24) is 16.0 Å². The number of carbonyl (C=O) groups is 2. The molecule has 0 radical (unpaired) electrons. The van der Waals surface area contributed by atoms with E-state index in [1.165, 1.54) is 11.1 Å². The Morgan fingerprint density at radius 2 is 1.63 bits per heavy atom. The minimum absolute atomic E-state index is 0. The van der Waals surface area contributed by atoms with E-state index >= 15 is 0 Å². The monoisotopic (exact) mass is 429 g/mol. The third-order valence-electron chi connectivity index (χ3n) is 5.85. The van der Waals surface area contributed by atoms with E-state index in [0.29, 0.717) is 13.0 Å². The van der Waals surface area contributed by atoms with Gasteiger partial charge >= 0.3 is 0 Å². The normalized spacial score (nSPS) is 18.2. The van der Waals surface area contributed by atoms with Crippen molar-refractivity contribution in [2.45, 2.75) is 58.3 Å². The van der Waals surface area contributed by atoms with Gasteiger partial charge in [-0.15, -0.1) is 12.4 Å². The van der Waals surface area contributed by atoms with E-state index in [9.17, 15) is 9.59 Å². The van der Waals surface area contributed by atoms with Crippen molar-refractivity contribution < 1.29 is 9.59 Å². The molecule has 4 unspecified atom stereocenters. The highest BCUT2D eigenvalue weighted by molar-refractivity contribution is 5.90. The Hall–Kier alpha value is -2.37. The molecular formula is C24H32ClN3O2. The third kappa shape index (κ3) is 5.83. The summed E-state index contributed by atoms with van der Waals surface area (Å²) in [5.41, 5.74) is 3.46. The Balaban J connectivity index is 0.00000320. The number of halogens is 1. The van der Waals surface area contributed by atoms with Gasteiger partial charge in [-0.2, -0.15) is 0 Å². The summed E-state index contributed by atoms with van der Waals surface area (Å²) in [5, 5.41) is 9.37. The van der Waals surface area contributed by atoms with Crippen molar-refractivity contribution in [3.05, 3.63) is 71.3 Å². The van der Waals surface area contributed by atoms with Crippen LogP contribution in [0.1, 0.15) is 49.9 Å². The second-order valence-corrected chi connectivity index (χ2v) is 7.92. The number of nitrogens with one attached hydrogen (secondary N) is 3. The first kappa shape index (κ1) is 23.9. The van der Waals surface area contributed by atoms with Crippen LogP contribution in [0.3, 0.4) is 0 Å². The summed E-state index contributed by atoms with van der Waals surface area (Å²) in [4.78, 5) is 25.9. The fourth-order valence-electron chi connectivity index (χ4n) is 3.72. The van der Waals surface area contributed by atoms with Gasteiger partial charge in [0.1, 0.15) is 6.04 Å². The van der Waals surface area contributed by atoms with Crippen LogP contribution in [-0.4, -0.2) is 23.9 Å². The summed E-state index contributed by atoms with van der Waals surface area (Å²) in [6.07, 6.45) is 1.44. The maximum absolute atomic E-state index is 13.0. The fourth-order valence-corrected chi connectivity index (χ4v) is 3.72. The van der Waals surface area contributed by atoms with Crippen LogP contribution in [0, 0.1) is 5.92 Å². The quantitative estimate of drug-likeness (QED) is 0.630. The molecule has 0 fully saturated rings. The van der Waals surface area contributed by atoms with E-state index < -0.39 is 6.04 Å². The smallest absolute Gasteiger partial charge is 0.243 e. The molecule has 4 atom stereocenters. The predicted molar refractivity (Wildman–Crippen MR) is 122 cm³/mol. The molecule has 2 aromatic carbocycles. The molecule has 1 aliphatic rings. The highest BCUT2D eigenvalue weighted by Gasteiger charge is 2.31. The van der Waals surface area contributed by atoms with Crippen LogP contribution in [0.15, 0.2) is 54.6 Å². The van der Waals surface area contributed by atoms with Crippen LogP contribution < -0.4 is 16.0 Å². The van der Waals surface area contributed by atoms with Crippen molar-refractivity contribution in [2.24, 2.45) is 5.92 Å². The van der Waals surface area contributed by atoms with Crippen molar-refractivity contribution in [1.29, 1.82) is 0 Å². The summed E-state index contributed by atoms with van der Waals surface area (Å²) in [6.45, 7) is 6.66. The lowest BCUT2D eigenvalue weighted by Crippen LogP contribution is -2.56. The summed E-state index contributed by atoms with van der Waals surface area (Å²) >= 11 is 0. The van der Waals surface area contributed by atoms with Crippen LogP contribution in [0.2, 0.25) is 0 Å². The lowest BCUT2D eigenvalue weighted by Gasteiger charge is -2.30. The molecule has 1 heterocycles. The van der Waals surface area contributed by atoms with Gasteiger partial charge in [-0.05, 0) is 36.0 Å². The zero-order chi connectivity index (χ0) is 20.8. The van der Waals surface area contributed by atoms with Crippen molar-refractivity contribution >= 4 is 24.2 Å². The van der Waals surface area contributed by atoms with E-state index in [2.05, 4.69) is 28.1 Å².